The summed E-state index contributed by atoms with van der Waals surface area (Å²) in [5, 5.41) is 4.65. The lowest BCUT2D eigenvalue weighted by Gasteiger charge is -2.36. The molecule has 2 unspecified atom stereocenters. The van der Waals surface area contributed by atoms with Crippen LogP contribution in [0, 0.1) is 13.8 Å². The Morgan fingerprint density at radius 3 is 2.87 bits per heavy atom. The maximum Gasteiger partial charge on any atom is 0.258 e. The van der Waals surface area contributed by atoms with Crippen molar-refractivity contribution < 1.29 is 13.9 Å². The van der Waals surface area contributed by atoms with Crippen LogP contribution in [0.5, 0.6) is 0 Å². The average Bonchev–Trinajstić information content (AvgIpc) is 3.42. The number of rotatable bonds is 3. The Balaban J connectivity index is 1.29. The Kier molecular flexibility index (Phi) is 4.40. The van der Waals surface area contributed by atoms with Crippen molar-refractivity contribution in [3.63, 3.8) is 0 Å². The lowest BCUT2D eigenvalue weighted by molar-refractivity contribution is 0.0312. The normalized spacial score (nSPS) is 23.5. The van der Waals surface area contributed by atoms with E-state index in [9.17, 15) is 4.79 Å². The predicted molar refractivity (Wildman–Crippen MR) is 113 cm³/mol. The van der Waals surface area contributed by atoms with Gasteiger partial charge < -0.3 is 14.1 Å². The van der Waals surface area contributed by atoms with Crippen molar-refractivity contribution in [3.8, 4) is 0 Å². The summed E-state index contributed by atoms with van der Waals surface area (Å²) in [7, 11) is 0. The smallest absolute Gasteiger partial charge is 0.258 e. The number of carbonyl (C=O) groups excluding carboxylic acids is 1. The van der Waals surface area contributed by atoms with E-state index < -0.39 is 0 Å². The van der Waals surface area contributed by atoms with Crippen LogP contribution in [0.15, 0.2) is 22.7 Å². The average molecular weight is 422 g/mol. The van der Waals surface area contributed by atoms with Crippen molar-refractivity contribution in [2.75, 3.05) is 26.3 Å². The van der Waals surface area contributed by atoms with E-state index in [1.54, 1.807) is 0 Å². The Morgan fingerprint density at radius 2 is 2.03 bits per heavy atom. The molecule has 0 aliphatic carbocycles. The highest BCUT2D eigenvalue weighted by Gasteiger charge is 2.44. The van der Waals surface area contributed by atoms with E-state index in [0.717, 1.165) is 68.2 Å². The number of ether oxygens (including phenoxy) is 1. The number of hydrogen-bond acceptors (Lipinski definition) is 6. The van der Waals surface area contributed by atoms with Crippen LogP contribution < -0.4 is 0 Å². The molecule has 8 heteroatoms. The zero-order chi connectivity index (χ0) is 21.1. The number of hydrogen-bond donors (Lipinski definition) is 0. The zero-order valence-corrected chi connectivity index (χ0v) is 18.0. The second kappa shape index (κ2) is 7.17. The van der Waals surface area contributed by atoms with Crippen LogP contribution in [-0.2, 0) is 17.7 Å². The minimum atomic E-state index is 0.0552. The maximum atomic E-state index is 13.7. The number of morpholine rings is 1. The quantitative estimate of drug-likeness (QED) is 0.647. The van der Waals surface area contributed by atoms with E-state index in [1.165, 1.54) is 5.69 Å². The number of furan rings is 1. The molecule has 3 aromatic heterocycles. The topological polar surface area (TPSA) is 76.1 Å². The standard InChI is InChI=1S/C23H27N5O3/c1-14-9-22-24-12-19-20-4-3-16(10-21(19)28(22)25-14)27(20)23(29)18-11-17(31-15(18)2)13-26-5-7-30-8-6-26/h9,11-12,16,20H,3-8,10,13H2,1-2H3. The molecule has 3 aromatic rings. The summed E-state index contributed by atoms with van der Waals surface area (Å²) in [6, 6.07) is 4.20. The predicted octanol–water partition coefficient (Wildman–Crippen LogP) is 2.67. The first-order valence-corrected chi connectivity index (χ1v) is 11.1. The second-order valence-corrected chi connectivity index (χ2v) is 8.95. The molecule has 0 aromatic carbocycles. The van der Waals surface area contributed by atoms with Crippen LogP contribution in [0.25, 0.3) is 5.65 Å². The van der Waals surface area contributed by atoms with E-state index >= 15 is 0 Å². The first kappa shape index (κ1) is 19.0. The van der Waals surface area contributed by atoms with Gasteiger partial charge >= 0.3 is 0 Å². The Hall–Kier alpha value is -2.71. The number of carbonyl (C=O) groups is 1. The molecular formula is C23H27N5O3. The summed E-state index contributed by atoms with van der Waals surface area (Å²) >= 11 is 0. The van der Waals surface area contributed by atoms with E-state index in [-0.39, 0.29) is 18.0 Å². The molecule has 0 N–H and O–H groups in total. The van der Waals surface area contributed by atoms with E-state index in [0.29, 0.717) is 17.9 Å². The third-order valence-electron chi connectivity index (χ3n) is 6.94. The highest BCUT2D eigenvalue weighted by Crippen LogP contribution is 2.44. The van der Waals surface area contributed by atoms with Gasteiger partial charge in [0.2, 0.25) is 0 Å². The largest absolute Gasteiger partial charge is 0.464 e. The molecule has 2 fully saturated rings. The van der Waals surface area contributed by atoms with Gasteiger partial charge in [-0.1, -0.05) is 0 Å². The summed E-state index contributed by atoms with van der Waals surface area (Å²) < 4.78 is 13.4. The third kappa shape index (κ3) is 3.08. The van der Waals surface area contributed by atoms with Crippen LogP contribution in [-0.4, -0.2) is 62.7 Å². The second-order valence-electron chi connectivity index (χ2n) is 8.95. The molecular weight excluding hydrogens is 394 g/mol. The molecule has 0 saturated carbocycles. The maximum absolute atomic E-state index is 13.7. The SMILES string of the molecule is Cc1cc2ncc3c(n2n1)CC1CCC3N1C(=O)c1cc(CN2CCOCC2)oc1C. The first-order chi connectivity index (χ1) is 15.1. The fourth-order valence-electron chi connectivity index (χ4n) is 5.46. The van der Waals surface area contributed by atoms with Gasteiger partial charge in [-0.2, -0.15) is 5.10 Å². The number of fused-ring (bicyclic) bond motifs is 6. The van der Waals surface area contributed by atoms with Gasteiger partial charge in [-0.05, 0) is 32.8 Å². The Bertz CT molecular complexity index is 1160. The van der Waals surface area contributed by atoms with Crippen LogP contribution in [0.2, 0.25) is 0 Å². The summed E-state index contributed by atoms with van der Waals surface area (Å²) in [6.07, 6.45) is 4.73. The highest BCUT2D eigenvalue weighted by molar-refractivity contribution is 5.96. The molecule has 162 valence electrons. The molecule has 31 heavy (non-hydrogen) atoms. The van der Waals surface area contributed by atoms with Gasteiger partial charge in [0.1, 0.15) is 11.5 Å². The lowest BCUT2D eigenvalue weighted by Crippen LogP contribution is -2.42. The van der Waals surface area contributed by atoms with E-state index in [1.807, 2.05) is 36.7 Å². The molecule has 1 amide bonds. The molecule has 8 nitrogen and oxygen atoms in total. The molecule has 6 rings (SSSR count). The van der Waals surface area contributed by atoms with Crippen molar-refractivity contribution in [2.45, 2.75) is 51.7 Å². The van der Waals surface area contributed by atoms with Crippen molar-refractivity contribution in [1.29, 1.82) is 0 Å². The van der Waals surface area contributed by atoms with Gasteiger partial charge in [0, 0.05) is 43.4 Å². The number of amides is 1. The van der Waals surface area contributed by atoms with E-state index in [2.05, 4.69) is 19.9 Å². The monoisotopic (exact) mass is 421 g/mol. The molecule has 0 spiro atoms. The summed E-state index contributed by atoms with van der Waals surface area (Å²) in [6.45, 7) is 7.89. The van der Waals surface area contributed by atoms with E-state index in [4.69, 9.17) is 9.15 Å². The third-order valence-corrected chi connectivity index (χ3v) is 6.94. The number of aryl methyl sites for hydroxylation is 2. The summed E-state index contributed by atoms with van der Waals surface area (Å²) in [4.78, 5) is 22.6. The van der Waals surface area contributed by atoms with Crippen LogP contribution in [0.4, 0.5) is 0 Å². The zero-order valence-electron chi connectivity index (χ0n) is 18.0. The molecule has 3 aliphatic heterocycles. The van der Waals surface area contributed by atoms with Crippen molar-refractivity contribution >= 4 is 11.6 Å². The minimum absolute atomic E-state index is 0.0552. The minimum Gasteiger partial charge on any atom is -0.464 e. The van der Waals surface area contributed by atoms with Crippen molar-refractivity contribution in [3.05, 3.63) is 52.4 Å². The molecule has 6 heterocycles. The molecule has 3 aliphatic rings. The van der Waals surface area contributed by atoms with Crippen LogP contribution >= 0.6 is 0 Å². The number of nitrogens with zero attached hydrogens (tertiary/aromatic N) is 5. The number of aromatic nitrogens is 3. The van der Waals surface area contributed by atoms with Gasteiger partial charge in [0.25, 0.3) is 5.91 Å². The molecule has 2 bridgehead atoms. The summed E-state index contributed by atoms with van der Waals surface area (Å²) in [5.41, 5.74) is 4.87. The van der Waals surface area contributed by atoms with Gasteiger partial charge in [-0.15, -0.1) is 0 Å². The molecule has 2 saturated heterocycles. The van der Waals surface area contributed by atoms with Gasteiger partial charge in [-0.3, -0.25) is 9.69 Å². The van der Waals surface area contributed by atoms with Crippen molar-refractivity contribution in [1.82, 2.24) is 24.4 Å². The molecule has 2 atom stereocenters. The Morgan fingerprint density at radius 1 is 1.19 bits per heavy atom. The van der Waals surface area contributed by atoms with Gasteiger partial charge in [-0.25, -0.2) is 9.50 Å². The van der Waals surface area contributed by atoms with Gasteiger partial charge in [0.05, 0.1) is 42.8 Å². The highest BCUT2D eigenvalue weighted by atomic mass is 16.5. The Labute approximate surface area is 180 Å². The van der Waals surface area contributed by atoms with Crippen molar-refractivity contribution in [2.24, 2.45) is 0 Å². The fraction of sp³-hybridized carbons (Fsp3) is 0.522. The van der Waals surface area contributed by atoms with Crippen LogP contribution in [0.3, 0.4) is 0 Å². The first-order valence-electron chi connectivity index (χ1n) is 11.1. The summed E-state index contributed by atoms with van der Waals surface area (Å²) in [5.74, 6) is 1.63. The fourth-order valence-corrected chi connectivity index (χ4v) is 5.46. The molecule has 0 radical (unpaired) electrons. The van der Waals surface area contributed by atoms with Crippen LogP contribution in [0.1, 0.15) is 57.7 Å². The van der Waals surface area contributed by atoms with Gasteiger partial charge in [0.15, 0.2) is 5.65 Å². The lowest BCUT2D eigenvalue weighted by atomic mass is 9.98.